The maximum Gasteiger partial charge on any atom is 0.243 e. The van der Waals surface area contributed by atoms with Crippen LogP contribution in [0.4, 0.5) is 0 Å². The number of carbonyl (C=O) groups is 2. The Kier molecular flexibility index (Phi) is 9.77. The van der Waals surface area contributed by atoms with Crippen molar-refractivity contribution >= 4 is 23.6 Å². The van der Waals surface area contributed by atoms with Gasteiger partial charge in [0.25, 0.3) is 0 Å². The van der Waals surface area contributed by atoms with Crippen molar-refractivity contribution < 1.29 is 9.59 Å². The molecule has 0 aliphatic rings. The van der Waals surface area contributed by atoms with Gasteiger partial charge in [0.2, 0.25) is 11.8 Å². The van der Waals surface area contributed by atoms with Crippen LogP contribution < -0.4 is 5.32 Å². The molecule has 0 aliphatic heterocycles. The zero-order valence-corrected chi connectivity index (χ0v) is 21.1. The lowest BCUT2D eigenvalue weighted by Crippen LogP contribution is -2.51. The molecule has 3 aromatic rings. The Hall–Kier alpha value is -3.05. The molecular formula is C29H34N2O2S. The van der Waals surface area contributed by atoms with Crippen molar-refractivity contribution in [2.24, 2.45) is 5.92 Å². The van der Waals surface area contributed by atoms with E-state index in [4.69, 9.17) is 0 Å². The van der Waals surface area contributed by atoms with Crippen LogP contribution in [0.3, 0.4) is 0 Å². The van der Waals surface area contributed by atoms with Gasteiger partial charge < -0.3 is 10.2 Å². The quantitative estimate of drug-likeness (QED) is 0.373. The Morgan fingerprint density at radius 2 is 1.44 bits per heavy atom. The Morgan fingerprint density at radius 3 is 2.03 bits per heavy atom. The topological polar surface area (TPSA) is 49.4 Å². The number of hydrogen-bond acceptors (Lipinski definition) is 3. The lowest BCUT2D eigenvalue weighted by Gasteiger charge is -2.31. The molecule has 3 aromatic carbocycles. The first-order valence-corrected chi connectivity index (χ1v) is 12.8. The molecule has 0 aliphatic carbocycles. The maximum absolute atomic E-state index is 13.6. The fourth-order valence-electron chi connectivity index (χ4n) is 3.62. The van der Waals surface area contributed by atoms with Gasteiger partial charge in [0.05, 0.1) is 5.75 Å². The highest BCUT2D eigenvalue weighted by Gasteiger charge is 2.30. The van der Waals surface area contributed by atoms with Gasteiger partial charge in [-0.05, 0) is 36.1 Å². The number of rotatable bonds is 11. The van der Waals surface area contributed by atoms with Crippen molar-refractivity contribution in [2.45, 2.75) is 44.7 Å². The van der Waals surface area contributed by atoms with Gasteiger partial charge in [-0.2, -0.15) is 0 Å². The van der Waals surface area contributed by atoms with Crippen LogP contribution in [0.25, 0.3) is 0 Å². The highest BCUT2D eigenvalue weighted by molar-refractivity contribution is 8.00. The second kappa shape index (κ2) is 13.0. The predicted octanol–water partition coefficient (Wildman–Crippen LogP) is 5.50. The number of hydrogen-bond donors (Lipinski definition) is 1. The Balaban J connectivity index is 1.86. The summed E-state index contributed by atoms with van der Waals surface area (Å²) in [4.78, 5) is 29.8. The first-order valence-electron chi connectivity index (χ1n) is 11.8. The summed E-state index contributed by atoms with van der Waals surface area (Å²) in [5.41, 5.74) is 3.22. The third-order valence-electron chi connectivity index (χ3n) is 5.53. The lowest BCUT2D eigenvalue weighted by atomic mass is 10.0. The molecule has 5 heteroatoms. The molecule has 0 heterocycles. The van der Waals surface area contributed by atoms with Crippen LogP contribution in [-0.4, -0.2) is 35.1 Å². The normalized spacial score (nSPS) is 11.8. The summed E-state index contributed by atoms with van der Waals surface area (Å²) in [6.45, 7) is 7.15. The standard InChI is InChI=1S/C29H34N2O2S/c1-22(2)19-30-29(33)27(18-24-10-6-4-7-11-24)31(20-25-12-8-5-9-13-25)28(32)21-34-26-16-14-23(3)15-17-26/h4-17,22,27H,18-21H2,1-3H3,(H,30,33). The van der Waals surface area contributed by atoms with E-state index in [-0.39, 0.29) is 17.6 Å². The monoisotopic (exact) mass is 474 g/mol. The Labute approximate surface area is 207 Å². The summed E-state index contributed by atoms with van der Waals surface area (Å²) in [6.07, 6.45) is 0.471. The largest absolute Gasteiger partial charge is 0.354 e. The first kappa shape index (κ1) is 25.6. The van der Waals surface area contributed by atoms with Crippen LogP contribution in [0.15, 0.2) is 89.8 Å². The van der Waals surface area contributed by atoms with E-state index in [0.717, 1.165) is 16.0 Å². The molecule has 178 valence electrons. The van der Waals surface area contributed by atoms with Gasteiger partial charge in [0.15, 0.2) is 0 Å². The van der Waals surface area contributed by atoms with Gasteiger partial charge in [-0.1, -0.05) is 92.2 Å². The van der Waals surface area contributed by atoms with E-state index in [1.165, 1.54) is 17.3 Å². The van der Waals surface area contributed by atoms with E-state index >= 15 is 0 Å². The van der Waals surface area contributed by atoms with Gasteiger partial charge in [-0.25, -0.2) is 0 Å². The van der Waals surface area contributed by atoms with Crippen LogP contribution in [0.1, 0.15) is 30.5 Å². The molecule has 3 rings (SSSR count). The maximum atomic E-state index is 13.6. The molecule has 0 bridgehead atoms. The summed E-state index contributed by atoms with van der Waals surface area (Å²) < 4.78 is 0. The number of carbonyl (C=O) groups excluding carboxylic acids is 2. The van der Waals surface area contributed by atoms with E-state index in [9.17, 15) is 9.59 Å². The summed E-state index contributed by atoms with van der Waals surface area (Å²) in [5.74, 6) is 0.451. The highest BCUT2D eigenvalue weighted by atomic mass is 32.2. The zero-order chi connectivity index (χ0) is 24.3. The van der Waals surface area contributed by atoms with E-state index in [0.29, 0.717) is 25.4 Å². The SMILES string of the molecule is Cc1ccc(SCC(=O)N(Cc2ccccc2)C(Cc2ccccc2)C(=O)NCC(C)C)cc1. The number of aryl methyl sites for hydroxylation is 1. The van der Waals surface area contributed by atoms with E-state index < -0.39 is 6.04 Å². The third kappa shape index (κ3) is 8.07. The molecule has 0 spiro atoms. The summed E-state index contributed by atoms with van der Waals surface area (Å²) in [5, 5.41) is 3.06. The molecule has 4 nitrogen and oxygen atoms in total. The molecule has 1 unspecified atom stereocenters. The van der Waals surface area contributed by atoms with Crippen molar-refractivity contribution in [3.05, 3.63) is 102 Å². The van der Waals surface area contributed by atoms with Gasteiger partial charge in [0, 0.05) is 24.4 Å². The second-order valence-corrected chi connectivity index (χ2v) is 10.0. The highest BCUT2D eigenvalue weighted by Crippen LogP contribution is 2.21. The zero-order valence-electron chi connectivity index (χ0n) is 20.2. The molecule has 1 N–H and O–H groups in total. The van der Waals surface area contributed by atoms with Crippen molar-refractivity contribution in [2.75, 3.05) is 12.3 Å². The number of amides is 2. The first-order chi connectivity index (χ1) is 16.4. The summed E-state index contributed by atoms with van der Waals surface area (Å²) in [7, 11) is 0. The summed E-state index contributed by atoms with van der Waals surface area (Å²) in [6, 6.07) is 27.4. The number of nitrogens with zero attached hydrogens (tertiary/aromatic N) is 1. The number of benzene rings is 3. The van der Waals surface area contributed by atoms with E-state index in [1.807, 2.05) is 91.9 Å². The third-order valence-corrected chi connectivity index (χ3v) is 6.53. The van der Waals surface area contributed by atoms with Gasteiger partial charge in [-0.15, -0.1) is 11.8 Å². The smallest absolute Gasteiger partial charge is 0.243 e. The van der Waals surface area contributed by atoms with Crippen molar-refractivity contribution in [1.29, 1.82) is 0 Å². The van der Waals surface area contributed by atoms with Crippen molar-refractivity contribution in [1.82, 2.24) is 10.2 Å². The van der Waals surface area contributed by atoms with Crippen LogP contribution >= 0.6 is 11.8 Å². The minimum atomic E-state index is -0.590. The molecule has 34 heavy (non-hydrogen) atoms. The average Bonchev–Trinajstić information content (AvgIpc) is 2.85. The molecule has 0 radical (unpaired) electrons. The molecule has 0 saturated heterocycles. The van der Waals surface area contributed by atoms with Gasteiger partial charge >= 0.3 is 0 Å². The molecule has 0 aromatic heterocycles. The van der Waals surface area contributed by atoms with Crippen LogP contribution in [0, 0.1) is 12.8 Å². The molecule has 1 atom stereocenters. The lowest BCUT2D eigenvalue weighted by molar-refractivity contribution is -0.139. The van der Waals surface area contributed by atoms with Crippen LogP contribution in [0.5, 0.6) is 0 Å². The van der Waals surface area contributed by atoms with Crippen molar-refractivity contribution in [3.8, 4) is 0 Å². The Bertz CT molecular complexity index is 1040. The fourth-order valence-corrected chi connectivity index (χ4v) is 4.40. The van der Waals surface area contributed by atoms with Crippen molar-refractivity contribution in [3.63, 3.8) is 0 Å². The van der Waals surface area contributed by atoms with Crippen LogP contribution in [-0.2, 0) is 22.6 Å². The molecule has 0 fully saturated rings. The minimum absolute atomic E-state index is 0.0462. The fraction of sp³-hybridized carbons (Fsp3) is 0.310. The predicted molar refractivity (Wildman–Crippen MR) is 141 cm³/mol. The second-order valence-electron chi connectivity index (χ2n) is 8.95. The molecular weight excluding hydrogens is 440 g/mol. The van der Waals surface area contributed by atoms with E-state index in [1.54, 1.807) is 4.90 Å². The van der Waals surface area contributed by atoms with Crippen LogP contribution in [0.2, 0.25) is 0 Å². The number of thioether (sulfide) groups is 1. The number of nitrogens with one attached hydrogen (secondary N) is 1. The average molecular weight is 475 g/mol. The summed E-state index contributed by atoms with van der Waals surface area (Å²) >= 11 is 1.51. The minimum Gasteiger partial charge on any atom is -0.354 e. The molecule has 2 amide bonds. The Morgan fingerprint density at radius 1 is 0.853 bits per heavy atom. The molecule has 0 saturated carbocycles. The van der Waals surface area contributed by atoms with Gasteiger partial charge in [-0.3, -0.25) is 9.59 Å². The van der Waals surface area contributed by atoms with Gasteiger partial charge in [0.1, 0.15) is 6.04 Å². The van der Waals surface area contributed by atoms with E-state index in [2.05, 4.69) is 19.2 Å².